The number of rotatable bonds is 5. The normalized spacial score (nSPS) is 18.2. The van der Waals surface area contributed by atoms with Gasteiger partial charge in [0, 0.05) is 18.8 Å². The summed E-state index contributed by atoms with van der Waals surface area (Å²) >= 11 is 0. The van der Waals surface area contributed by atoms with Crippen LogP contribution in [0.2, 0.25) is 0 Å². The lowest BCUT2D eigenvalue weighted by atomic mass is 9.99. The van der Waals surface area contributed by atoms with Gasteiger partial charge in [-0.3, -0.25) is 9.15 Å². The molecule has 11 heteroatoms. The molecule has 2 amide bonds. The second-order valence-corrected chi connectivity index (χ2v) is 12.0. The number of carbonyl (C=O) groups excluding carboxylic acids is 1. The smallest absolute Gasteiger partial charge is 0.326 e. The molecule has 0 saturated carbocycles. The summed E-state index contributed by atoms with van der Waals surface area (Å²) in [6, 6.07) is 0.616. The fourth-order valence-electron chi connectivity index (χ4n) is 6.10. The molecule has 3 aliphatic rings. The lowest BCUT2D eigenvalue weighted by Gasteiger charge is -2.41. The van der Waals surface area contributed by atoms with Crippen molar-refractivity contribution in [2.75, 3.05) is 29.8 Å². The molecule has 196 valence electrons. The van der Waals surface area contributed by atoms with E-state index in [0.29, 0.717) is 48.7 Å². The highest BCUT2D eigenvalue weighted by Crippen LogP contribution is 2.39. The number of likely N-dealkylation sites (tertiary alicyclic amines) is 1. The molecule has 1 saturated heterocycles. The van der Waals surface area contributed by atoms with Crippen LogP contribution in [0.1, 0.15) is 59.3 Å². The van der Waals surface area contributed by atoms with Crippen LogP contribution in [0, 0.1) is 19.1 Å². The topological polar surface area (TPSA) is 114 Å². The van der Waals surface area contributed by atoms with Gasteiger partial charge >= 0.3 is 16.2 Å². The van der Waals surface area contributed by atoms with Crippen LogP contribution in [0.4, 0.5) is 16.2 Å². The molecule has 36 heavy (non-hydrogen) atoms. The minimum absolute atomic E-state index is 0.354. The van der Waals surface area contributed by atoms with Crippen LogP contribution >= 0.6 is 0 Å². The van der Waals surface area contributed by atoms with Gasteiger partial charge < -0.3 is 15.4 Å². The van der Waals surface area contributed by atoms with Crippen LogP contribution < -0.4 is 9.62 Å². The summed E-state index contributed by atoms with van der Waals surface area (Å²) in [5.74, 6) is 0. The van der Waals surface area contributed by atoms with E-state index >= 15 is 0 Å². The van der Waals surface area contributed by atoms with Gasteiger partial charge in [-0.15, -0.1) is 0 Å². The Morgan fingerprint density at radius 1 is 1.06 bits per heavy atom. The fraction of sp³-hybridized carbons (Fsp3) is 0.600. The first-order valence-electron chi connectivity index (χ1n) is 12.8. The zero-order chi connectivity index (χ0) is 25.8. The molecule has 1 N–H and O–H groups in total. The summed E-state index contributed by atoms with van der Waals surface area (Å²) in [6.45, 7) is 4.90. The van der Waals surface area contributed by atoms with Gasteiger partial charge in [-0.1, -0.05) is 6.07 Å². The van der Waals surface area contributed by atoms with Crippen molar-refractivity contribution in [2.45, 2.75) is 71.3 Å². The predicted molar refractivity (Wildman–Crippen MR) is 139 cm³/mol. The van der Waals surface area contributed by atoms with Crippen LogP contribution in [0.3, 0.4) is 0 Å². The third-order valence-corrected chi connectivity index (χ3v) is 9.60. The van der Waals surface area contributed by atoms with Crippen molar-refractivity contribution in [3.8, 4) is 0 Å². The average Bonchev–Trinajstić information content (AvgIpc) is 3.56. The van der Waals surface area contributed by atoms with E-state index in [-0.39, 0.29) is 4.47 Å². The summed E-state index contributed by atoms with van der Waals surface area (Å²) in [5, 5.41) is 20.5. The van der Waals surface area contributed by atoms with Crippen molar-refractivity contribution in [3.05, 3.63) is 44.9 Å². The van der Waals surface area contributed by atoms with E-state index in [1.165, 1.54) is 11.1 Å². The molecule has 5 rings (SSSR count). The Bertz CT molecular complexity index is 1260. The zero-order valence-electron chi connectivity index (χ0n) is 21.5. The molecule has 0 unspecified atom stereocenters. The molecular formula is C25H35N6O4S-. The zero-order valence-corrected chi connectivity index (χ0v) is 22.3. The number of fused-ring (bicyclic) bond motifs is 2. The number of nitrogens with one attached hydrogen (secondary N) is 1. The lowest BCUT2D eigenvalue weighted by Crippen LogP contribution is -2.53. The minimum atomic E-state index is -4.72. The molecule has 1 fully saturated rings. The van der Waals surface area contributed by atoms with Gasteiger partial charge in [0.05, 0.1) is 17.1 Å². The fourth-order valence-corrected chi connectivity index (χ4v) is 7.60. The Balaban J connectivity index is 1.49. The molecule has 0 radical (unpaired) electrons. The van der Waals surface area contributed by atoms with E-state index < -0.39 is 22.3 Å². The Labute approximate surface area is 213 Å². The molecule has 1 aromatic heterocycles. The quantitative estimate of drug-likeness (QED) is 0.612. The summed E-state index contributed by atoms with van der Waals surface area (Å²) in [7, 11) is -0.998. The number of carbonyl (C=O) groups is 1. The molecule has 0 atom stereocenters. The highest BCUT2D eigenvalue weighted by Gasteiger charge is 2.38. The molecule has 2 aliphatic carbocycles. The van der Waals surface area contributed by atoms with Crippen LogP contribution in [-0.2, 0) is 42.9 Å². The predicted octanol–water partition coefficient (Wildman–Crippen LogP) is 3.19. The number of anilines is 2. The van der Waals surface area contributed by atoms with Crippen molar-refractivity contribution in [2.24, 2.45) is 7.05 Å². The number of hydrogen-bond acceptors (Lipinski definition) is 6. The number of aromatic nitrogens is 2. The maximum Gasteiger partial charge on any atom is 0.326 e. The molecule has 1 aliphatic heterocycles. The molecular weight excluding hydrogens is 480 g/mol. The van der Waals surface area contributed by atoms with Gasteiger partial charge in [-0.25, -0.2) is 9.10 Å². The molecule has 0 bridgehead atoms. The number of urea groups is 1. The van der Waals surface area contributed by atoms with Gasteiger partial charge in [0.2, 0.25) is 0 Å². The molecule has 1 aromatic carbocycles. The number of hydrogen-bond donors (Lipinski definition) is 1. The Hall–Kier alpha value is -2.63. The summed E-state index contributed by atoms with van der Waals surface area (Å²) < 4.78 is 30.1. The van der Waals surface area contributed by atoms with Crippen LogP contribution in [0.5, 0.6) is 0 Å². The third-order valence-electron chi connectivity index (χ3n) is 8.04. The van der Waals surface area contributed by atoms with Crippen molar-refractivity contribution in [3.63, 3.8) is 0 Å². The molecule has 10 nitrogen and oxygen atoms in total. The summed E-state index contributed by atoms with van der Waals surface area (Å²) in [4.78, 5) is 15.4. The van der Waals surface area contributed by atoms with Crippen LogP contribution in [0.15, 0.2) is 6.07 Å². The number of nitrogens with zero attached hydrogens (tertiary/aromatic N) is 5. The molecule has 2 aromatic rings. The monoisotopic (exact) mass is 515 g/mol. The standard InChI is InChI=1S/C25H35N6O4S/c1-16-24(17(2)29(4)27-16)30(20-11-13-28(3)14-12-20)36(34,35)31(33)25(32)26-23-21-9-5-7-18(21)15-19-8-6-10-22(19)23/h15,20H,5-14H2,1-4H3,(H,26,32)/q-1. The van der Waals surface area contributed by atoms with Gasteiger partial charge in [-0.05, 0) is 108 Å². The highest BCUT2D eigenvalue weighted by atomic mass is 32.2. The Morgan fingerprint density at radius 2 is 1.64 bits per heavy atom. The van der Waals surface area contributed by atoms with E-state index in [9.17, 15) is 18.4 Å². The highest BCUT2D eigenvalue weighted by molar-refractivity contribution is 7.91. The van der Waals surface area contributed by atoms with E-state index in [0.717, 1.165) is 54.0 Å². The first-order chi connectivity index (χ1) is 17.1. The first kappa shape index (κ1) is 25.0. The number of benzene rings is 1. The maximum absolute atomic E-state index is 13.9. The number of aryl methyl sites for hydroxylation is 4. The van der Waals surface area contributed by atoms with Crippen molar-refractivity contribution >= 4 is 27.6 Å². The summed E-state index contributed by atoms with van der Waals surface area (Å²) in [6.07, 6.45) is 6.60. The van der Waals surface area contributed by atoms with Gasteiger partial charge in [0.25, 0.3) is 0 Å². The van der Waals surface area contributed by atoms with Crippen molar-refractivity contribution in [1.82, 2.24) is 19.1 Å². The second kappa shape index (κ2) is 9.35. The van der Waals surface area contributed by atoms with Crippen LogP contribution in [0.25, 0.3) is 0 Å². The first-order valence-corrected chi connectivity index (χ1v) is 14.2. The largest absolute Gasteiger partial charge is 0.740 e. The van der Waals surface area contributed by atoms with Gasteiger partial charge in [0.15, 0.2) is 0 Å². The third kappa shape index (κ3) is 4.16. The second-order valence-electron chi connectivity index (χ2n) is 10.4. The average molecular weight is 516 g/mol. The minimum Gasteiger partial charge on any atom is -0.740 e. The van der Waals surface area contributed by atoms with Gasteiger partial charge in [-0.2, -0.15) is 13.5 Å². The van der Waals surface area contributed by atoms with E-state index in [4.69, 9.17) is 0 Å². The number of piperidine rings is 1. The molecule has 2 heterocycles. The number of amides is 2. The molecule has 0 spiro atoms. The van der Waals surface area contributed by atoms with Crippen molar-refractivity contribution in [1.29, 1.82) is 0 Å². The van der Waals surface area contributed by atoms with Crippen LogP contribution in [-0.4, -0.2) is 59.8 Å². The maximum atomic E-state index is 13.9. The lowest BCUT2D eigenvalue weighted by molar-refractivity contribution is 0.242. The van der Waals surface area contributed by atoms with E-state index in [1.807, 2.05) is 7.05 Å². The Kier molecular flexibility index (Phi) is 6.50. The van der Waals surface area contributed by atoms with Gasteiger partial charge in [0.1, 0.15) is 0 Å². The Morgan fingerprint density at radius 3 is 2.17 bits per heavy atom. The SMILES string of the molecule is Cc1nn(C)c(C)c1N(C1CCN(C)CC1)S(=O)(=O)N([O-])C(=O)Nc1c2c(cc3c1CCC3)CCC2. The van der Waals surface area contributed by atoms with Crippen molar-refractivity contribution < 1.29 is 13.2 Å². The number of hydroxylamine groups is 1. The summed E-state index contributed by atoms with van der Waals surface area (Å²) in [5.41, 5.74) is 6.64. The van der Waals surface area contributed by atoms with E-state index in [2.05, 4.69) is 21.4 Å². The van der Waals surface area contributed by atoms with E-state index in [1.54, 1.807) is 25.6 Å².